The predicted molar refractivity (Wildman–Crippen MR) is 95.7 cm³/mol. The summed E-state index contributed by atoms with van der Waals surface area (Å²) in [5.74, 6) is -0.675. The number of esters is 1. The van der Waals surface area contributed by atoms with Gasteiger partial charge in [0, 0.05) is 22.8 Å². The van der Waals surface area contributed by atoms with Crippen LogP contribution in [-0.4, -0.2) is 55.9 Å². The van der Waals surface area contributed by atoms with Crippen LogP contribution >= 0.6 is 11.3 Å². The first-order chi connectivity index (χ1) is 11.9. The highest BCUT2D eigenvalue weighted by Gasteiger charge is 2.34. The number of aryl methyl sites for hydroxylation is 1. The number of ether oxygens (including phenoxy) is 1. The molecule has 3 rings (SSSR count). The van der Waals surface area contributed by atoms with Gasteiger partial charge in [-0.2, -0.15) is 0 Å². The minimum atomic E-state index is -3.06. The third-order valence-corrected chi connectivity index (χ3v) is 7.76. The van der Waals surface area contributed by atoms with Crippen molar-refractivity contribution in [2.45, 2.75) is 45.1 Å². The van der Waals surface area contributed by atoms with Crippen LogP contribution in [0, 0.1) is 0 Å². The monoisotopic (exact) mass is 385 g/mol. The van der Waals surface area contributed by atoms with Gasteiger partial charge in [0.1, 0.15) is 0 Å². The van der Waals surface area contributed by atoms with Gasteiger partial charge in [-0.1, -0.05) is 0 Å². The minimum Gasteiger partial charge on any atom is -0.452 e. The second-order valence-corrected chi connectivity index (χ2v) is 9.76. The molecule has 1 aromatic heterocycles. The number of carbonyl (C=O) groups excluding carboxylic acids is 2. The van der Waals surface area contributed by atoms with E-state index in [1.54, 1.807) is 18.3 Å². The molecule has 0 spiro atoms. The molecule has 2 aliphatic rings. The van der Waals surface area contributed by atoms with Crippen LogP contribution in [0.5, 0.6) is 0 Å². The maximum atomic E-state index is 12.4. The number of nitrogens with zero attached hydrogens (tertiary/aromatic N) is 1. The fraction of sp³-hybridized carbons (Fsp3) is 0.647. The van der Waals surface area contributed by atoms with E-state index in [0.29, 0.717) is 18.5 Å². The Kier molecular flexibility index (Phi) is 5.48. The van der Waals surface area contributed by atoms with E-state index in [1.165, 1.54) is 9.78 Å². The quantitative estimate of drug-likeness (QED) is 0.722. The summed E-state index contributed by atoms with van der Waals surface area (Å²) in [7, 11) is -3.06. The Morgan fingerprint density at radius 2 is 2.08 bits per heavy atom. The lowest BCUT2D eigenvalue weighted by molar-refractivity contribution is -0.136. The highest BCUT2D eigenvalue weighted by Crippen LogP contribution is 2.30. The molecule has 25 heavy (non-hydrogen) atoms. The van der Waals surface area contributed by atoms with Gasteiger partial charge in [0.15, 0.2) is 16.4 Å². The van der Waals surface area contributed by atoms with Crippen molar-refractivity contribution in [3.8, 4) is 0 Å². The summed E-state index contributed by atoms with van der Waals surface area (Å²) >= 11 is 1.58. The lowest BCUT2D eigenvalue weighted by Crippen LogP contribution is -2.43. The van der Waals surface area contributed by atoms with Gasteiger partial charge < -0.3 is 9.64 Å². The zero-order valence-corrected chi connectivity index (χ0v) is 16.0. The highest BCUT2D eigenvalue weighted by atomic mass is 32.2. The molecule has 1 saturated heterocycles. The van der Waals surface area contributed by atoms with Crippen molar-refractivity contribution in [2.24, 2.45) is 0 Å². The molecular formula is C17H23NO5S2. The maximum absolute atomic E-state index is 12.4. The summed E-state index contributed by atoms with van der Waals surface area (Å²) in [5.41, 5.74) is 1.65. The maximum Gasteiger partial charge on any atom is 0.339 e. The van der Waals surface area contributed by atoms with Crippen molar-refractivity contribution in [1.29, 1.82) is 0 Å². The molecule has 2 heterocycles. The Morgan fingerprint density at radius 3 is 2.76 bits per heavy atom. The van der Waals surface area contributed by atoms with Crippen LogP contribution in [0.25, 0.3) is 0 Å². The molecule has 8 heteroatoms. The van der Waals surface area contributed by atoms with Crippen LogP contribution in [0.15, 0.2) is 5.38 Å². The molecule has 0 aromatic carbocycles. The minimum absolute atomic E-state index is 0.00142. The van der Waals surface area contributed by atoms with Crippen molar-refractivity contribution in [3.63, 3.8) is 0 Å². The molecule has 1 fully saturated rings. The molecule has 0 radical (unpaired) electrons. The van der Waals surface area contributed by atoms with Gasteiger partial charge in [0.05, 0.1) is 17.1 Å². The number of rotatable bonds is 5. The van der Waals surface area contributed by atoms with Crippen LogP contribution in [0.2, 0.25) is 0 Å². The second kappa shape index (κ2) is 7.45. The molecule has 1 atom stereocenters. The fourth-order valence-corrected chi connectivity index (χ4v) is 6.46. The Labute approximate surface area is 152 Å². The van der Waals surface area contributed by atoms with Gasteiger partial charge >= 0.3 is 5.97 Å². The Hall–Kier alpha value is -1.41. The molecular weight excluding hydrogens is 362 g/mol. The third kappa shape index (κ3) is 4.06. The summed E-state index contributed by atoms with van der Waals surface area (Å²) in [4.78, 5) is 27.5. The average Bonchev–Trinajstić information content (AvgIpc) is 3.16. The van der Waals surface area contributed by atoms with E-state index in [-0.39, 0.29) is 30.1 Å². The topological polar surface area (TPSA) is 80.8 Å². The number of thiophene rings is 1. The molecule has 0 N–H and O–H groups in total. The van der Waals surface area contributed by atoms with Gasteiger partial charge in [-0.15, -0.1) is 11.3 Å². The number of sulfone groups is 1. The van der Waals surface area contributed by atoms with Crippen molar-refractivity contribution in [3.05, 3.63) is 21.4 Å². The number of likely N-dealkylation sites (N-methyl/N-ethyl adjacent to an activating group) is 1. The van der Waals surface area contributed by atoms with E-state index in [9.17, 15) is 18.0 Å². The molecule has 1 amide bonds. The van der Waals surface area contributed by atoms with Gasteiger partial charge in [-0.25, -0.2) is 13.2 Å². The molecule has 0 saturated carbocycles. The van der Waals surface area contributed by atoms with Gasteiger partial charge in [0.2, 0.25) is 0 Å². The number of amides is 1. The van der Waals surface area contributed by atoms with Gasteiger partial charge in [0.25, 0.3) is 5.91 Å². The summed E-state index contributed by atoms with van der Waals surface area (Å²) in [6, 6.07) is -0.310. The first-order valence-corrected chi connectivity index (χ1v) is 11.4. The van der Waals surface area contributed by atoms with E-state index >= 15 is 0 Å². The van der Waals surface area contributed by atoms with Gasteiger partial charge in [-0.3, -0.25) is 4.79 Å². The van der Waals surface area contributed by atoms with E-state index in [2.05, 4.69) is 0 Å². The molecule has 1 unspecified atom stereocenters. The summed E-state index contributed by atoms with van der Waals surface area (Å²) in [5, 5.41) is 1.82. The van der Waals surface area contributed by atoms with Crippen LogP contribution in [0.3, 0.4) is 0 Å². The van der Waals surface area contributed by atoms with E-state index < -0.39 is 15.8 Å². The Balaban J connectivity index is 1.59. The van der Waals surface area contributed by atoms with Crippen molar-refractivity contribution < 1.29 is 22.7 Å². The molecule has 0 bridgehead atoms. The van der Waals surface area contributed by atoms with Crippen molar-refractivity contribution in [1.82, 2.24) is 4.90 Å². The van der Waals surface area contributed by atoms with Crippen LogP contribution in [-0.2, 0) is 32.2 Å². The Bertz CT molecular complexity index is 768. The smallest absolute Gasteiger partial charge is 0.339 e. The zero-order valence-electron chi connectivity index (χ0n) is 14.3. The Morgan fingerprint density at radius 1 is 1.32 bits per heavy atom. The van der Waals surface area contributed by atoms with Crippen LogP contribution < -0.4 is 0 Å². The lowest BCUT2D eigenvalue weighted by Gasteiger charge is -2.26. The van der Waals surface area contributed by atoms with E-state index in [1.807, 2.05) is 5.38 Å². The van der Waals surface area contributed by atoms with Crippen molar-refractivity contribution in [2.75, 3.05) is 24.7 Å². The van der Waals surface area contributed by atoms with Crippen LogP contribution in [0.1, 0.15) is 47.0 Å². The fourth-order valence-electron chi connectivity index (χ4n) is 3.61. The van der Waals surface area contributed by atoms with E-state index in [4.69, 9.17) is 4.74 Å². The summed E-state index contributed by atoms with van der Waals surface area (Å²) < 4.78 is 28.5. The number of fused-ring (bicyclic) bond motifs is 1. The van der Waals surface area contributed by atoms with Crippen LogP contribution in [0.4, 0.5) is 0 Å². The summed E-state index contributed by atoms with van der Waals surface area (Å²) in [6.07, 6.45) is 4.57. The first kappa shape index (κ1) is 18.4. The molecule has 138 valence electrons. The largest absolute Gasteiger partial charge is 0.452 e. The lowest BCUT2D eigenvalue weighted by atomic mass is 9.96. The molecule has 1 aliphatic heterocycles. The average molecular weight is 386 g/mol. The number of hydrogen-bond donors (Lipinski definition) is 0. The molecule has 6 nitrogen and oxygen atoms in total. The standard InChI is InChI=1S/C17H23NO5S2/c1-2-18(12-7-8-25(21,22)11-12)16(19)9-23-17(20)14-10-24-15-6-4-3-5-13(14)15/h10,12H,2-9,11H2,1H3. The number of hydrogen-bond acceptors (Lipinski definition) is 6. The van der Waals surface area contributed by atoms with Crippen molar-refractivity contribution >= 4 is 33.1 Å². The highest BCUT2D eigenvalue weighted by molar-refractivity contribution is 7.91. The summed E-state index contributed by atoms with van der Waals surface area (Å²) in [6.45, 7) is 1.87. The normalized spacial score (nSPS) is 21.6. The molecule has 1 aliphatic carbocycles. The third-order valence-electron chi connectivity index (χ3n) is 4.92. The van der Waals surface area contributed by atoms with E-state index in [0.717, 1.165) is 31.2 Å². The molecule has 1 aromatic rings. The second-order valence-electron chi connectivity index (χ2n) is 6.57. The zero-order chi connectivity index (χ0) is 18.0. The first-order valence-electron chi connectivity index (χ1n) is 8.67. The number of carbonyl (C=O) groups is 2. The van der Waals surface area contributed by atoms with Gasteiger partial charge in [-0.05, 0) is 44.6 Å². The predicted octanol–water partition coefficient (Wildman–Crippen LogP) is 1.82. The SMILES string of the molecule is CCN(C(=O)COC(=O)c1csc2c1CCCC2)C1CCS(=O)(=O)C1.